The minimum Gasteiger partial charge on any atom is -0.352 e. The number of rotatable bonds is 3. The number of hydrogen-bond donors (Lipinski definition) is 1. The fraction of sp³-hybridized carbons (Fsp3) is 0.278. The highest BCUT2D eigenvalue weighted by Crippen LogP contribution is 2.25. The lowest BCUT2D eigenvalue weighted by Gasteiger charge is -2.23. The predicted molar refractivity (Wildman–Crippen MR) is 80.2 cm³/mol. The minimum absolute atomic E-state index is 0.119. The van der Waals surface area contributed by atoms with Crippen molar-refractivity contribution >= 4 is 5.91 Å². The second kappa shape index (κ2) is 5.91. The number of nitrogens with one attached hydrogen (secondary N) is 1. The van der Waals surface area contributed by atoms with Crippen molar-refractivity contribution in [3.05, 3.63) is 71.3 Å². The first-order valence-electron chi connectivity index (χ1n) is 7.21. The Hall–Kier alpha value is -2.09. The van der Waals surface area contributed by atoms with Gasteiger partial charge < -0.3 is 5.32 Å². The van der Waals surface area contributed by atoms with Gasteiger partial charge >= 0.3 is 0 Å². The number of carbonyl (C=O) groups excluding carboxylic acids is 1. The van der Waals surface area contributed by atoms with E-state index in [9.17, 15) is 4.79 Å². The molecule has 1 atom stereocenters. The third-order valence-corrected chi connectivity index (χ3v) is 4.03. The normalized spacial score (nSPS) is 17.3. The molecule has 2 aromatic rings. The molecule has 20 heavy (non-hydrogen) atoms. The van der Waals surface area contributed by atoms with Crippen LogP contribution in [0.2, 0.25) is 0 Å². The highest BCUT2D eigenvalue weighted by molar-refractivity contribution is 5.79. The van der Waals surface area contributed by atoms with Gasteiger partial charge in [0.05, 0.1) is 0 Å². The van der Waals surface area contributed by atoms with Gasteiger partial charge in [-0.1, -0.05) is 54.6 Å². The Kier molecular flexibility index (Phi) is 3.82. The molecule has 3 rings (SSSR count). The Morgan fingerprint density at radius 2 is 1.70 bits per heavy atom. The maximum absolute atomic E-state index is 12.3. The highest BCUT2D eigenvalue weighted by Gasteiger charge is 2.23. The molecule has 102 valence electrons. The van der Waals surface area contributed by atoms with E-state index in [0.717, 1.165) is 24.8 Å². The monoisotopic (exact) mass is 265 g/mol. The Balaban J connectivity index is 1.59. The molecule has 0 aliphatic heterocycles. The summed E-state index contributed by atoms with van der Waals surface area (Å²) in [6.45, 7) is 0.623. The first kappa shape index (κ1) is 12.9. The van der Waals surface area contributed by atoms with Gasteiger partial charge in [-0.25, -0.2) is 0 Å². The topological polar surface area (TPSA) is 29.1 Å². The summed E-state index contributed by atoms with van der Waals surface area (Å²) in [5, 5.41) is 3.06. The number of hydrogen-bond acceptors (Lipinski definition) is 1. The molecule has 0 radical (unpaired) electrons. The van der Waals surface area contributed by atoms with Crippen LogP contribution in [-0.2, 0) is 24.2 Å². The van der Waals surface area contributed by atoms with Crippen LogP contribution in [0.5, 0.6) is 0 Å². The summed E-state index contributed by atoms with van der Waals surface area (Å²) in [4.78, 5) is 12.3. The van der Waals surface area contributed by atoms with E-state index in [4.69, 9.17) is 0 Å². The SMILES string of the molecule is O=C(NCc1ccccc1)[C@H]1CCc2ccccc2C1. The van der Waals surface area contributed by atoms with Gasteiger partial charge in [0.15, 0.2) is 0 Å². The average molecular weight is 265 g/mol. The molecule has 2 aromatic carbocycles. The zero-order chi connectivity index (χ0) is 13.8. The van der Waals surface area contributed by atoms with Crippen molar-refractivity contribution in [1.29, 1.82) is 0 Å². The highest BCUT2D eigenvalue weighted by atomic mass is 16.1. The molecule has 2 heteroatoms. The van der Waals surface area contributed by atoms with Crippen LogP contribution in [0.1, 0.15) is 23.1 Å². The van der Waals surface area contributed by atoms with Crippen LogP contribution in [-0.4, -0.2) is 5.91 Å². The van der Waals surface area contributed by atoms with Crippen molar-refractivity contribution in [2.45, 2.75) is 25.8 Å². The van der Waals surface area contributed by atoms with Crippen LogP contribution in [0.3, 0.4) is 0 Å². The molecular weight excluding hydrogens is 246 g/mol. The van der Waals surface area contributed by atoms with E-state index < -0.39 is 0 Å². The Labute approximate surface area is 119 Å². The summed E-state index contributed by atoms with van der Waals surface area (Å²) in [5.41, 5.74) is 3.88. The van der Waals surface area contributed by atoms with Gasteiger partial charge in [0, 0.05) is 12.5 Å². The molecule has 0 saturated carbocycles. The first-order chi connectivity index (χ1) is 9.83. The molecule has 1 aliphatic rings. The van der Waals surface area contributed by atoms with Crippen LogP contribution in [0, 0.1) is 5.92 Å². The Bertz CT molecular complexity index is 591. The molecule has 0 heterocycles. The number of aryl methyl sites for hydroxylation is 1. The summed E-state index contributed by atoms with van der Waals surface area (Å²) >= 11 is 0. The number of carbonyl (C=O) groups is 1. The zero-order valence-corrected chi connectivity index (χ0v) is 11.5. The van der Waals surface area contributed by atoms with Crippen LogP contribution < -0.4 is 5.32 Å². The molecule has 0 saturated heterocycles. The van der Waals surface area contributed by atoms with Crippen molar-refractivity contribution in [3.63, 3.8) is 0 Å². The van der Waals surface area contributed by atoms with E-state index in [1.165, 1.54) is 11.1 Å². The smallest absolute Gasteiger partial charge is 0.223 e. The Morgan fingerprint density at radius 3 is 2.50 bits per heavy atom. The van der Waals surface area contributed by atoms with Crippen molar-refractivity contribution in [2.75, 3.05) is 0 Å². The molecular formula is C18H19NO. The van der Waals surface area contributed by atoms with Gasteiger partial charge in [-0.15, -0.1) is 0 Å². The lowest BCUT2D eigenvalue weighted by Crippen LogP contribution is -2.33. The van der Waals surface area contributed by atoms with Crippen LogP contribution >= 0.6 is 0 Å². The molecule has 1 N–H and O–H groups in total. The van der Waals surface area contributed by atoms with Gasteiger partial charge in [0.25, 0.3) is 0 Å². The molecule has 0 bridgehead atoms. The first-order valence-corrected chi connectivity index (χ1v) is 7.21. The quantitative estimate of drug-likeness (QED) is 0.907. The van der Waals surface area contributed by atoms with E-state index in [-0.39, 0.29) is 11.8 Å². The zero-order valence-electron chi connectivity index (χ0n) is 11.5. The van der Waals surface area contributed by atoms with Gasteiger partial charge in [0.2, 0.25) is 5.91 Å². The van der Waals surface area contributed by atoms with E-state index in [1.807, 2.05) is 30.3 Å². The summed E-state index contributed by atoms with van der Waals surface area (Å²) in [6.07, 6.45) is 2.84. The van der Waals surface area contributed by atoms with Gasteiger partial charge in [-0.2, -0.15) is 0 Å². The third-order valence-electron chi connectivity index (χ3n) is 4.03. The fourth-order valence-corrected chi connectivity index (χ4v) is 2.85. The third kappa shape index (κ3) is 2.90. The molecule has 0 fully saturated rings. The van der Waals surface area contributed by atoms with Crippen molar-refractivity contribution < 1.29 is 4.79 Å². The van der Waals surface area contributed by atoms with Crippen LogP contribution in [0.4, 0.5) is 0 Å². The Morgan fingerprint density at radius 1 is 1.00 bits per heavy atom. The average Bonchev–Trinajstić information content (AvgIpc) is 2.53. The summed E-state index contributed by atoms with van der Waals surface area (Å²) in [5.74, 6) is 0.303. The minimum atomic E-state index is 0.119. The molecule has 1 amide bonds. The maximum atomic E-state index is 12.3. The predicted octanol–water partition coefficient (Wildman–Crippen LogP) is 3.11. The van der Waals surface area contributed by atoms with Crippen LogP contribution in [0.25, 0.3) is 0 Å². The van der Waals surface area contributed by atoms with Crippen molar-refractivity contribution in [1.82, 2.24) is 5.32 Å². The maximum Gasteiger partial charge on any atom is 0.223 e. The van der Waals surface area contributed by atoms with Crippen LogP contribution in [0.15, 0.2) is 54.6 Å². The summed E-state index contributed by atoms with van der Waals surface area (Å²) < 4.78 is 0. The second-order valence-electron chi connectivity index (χ2n) is 5.41. The van der Waals surface area contributed by atoms with E-state index >= 15 is 0 Å². The number of benzene rings is 2. The molecule has 0 aromatic heterocycles. The molecule has 1 aliphatic carbocycles. The van der Waals surface area contributed by atoms with Gasteiger partial charge in [-0.3, -0.25) is 4.79 Å². The van der Waals surface area contributed by atoms with Crippen molar-refractivity contribution in [3.8, 4) is 0 Å². The standard InChI is InChI=1S/C18H19NO/c20-18(19-13-14-6-2-1-3-7-14)17-11-10-15-8-4-5-9-16(15)12-17/h1-9,17H,10-13H2,(H,19,20)/t17-/m0/s1. The fourth-order valence-electron chi connectivity index (χ4n) is 2.85. The largest absolute Gasteiger partial charge is 0.352 e. The molecule has 0 unspecified atom stereocenters. The molecule has 0 spiro atoms. The number of fused-ring (bicyclic) bond motifs is 1. The van der Waals surface area contributed by atoms with Gasteiger partial charge in [0.1, 0.15) is 0 Å². The van der Waals surface area contributed by atoms with E-state index in [2.05, 4.69) is 29.6 Å². The summed E-state index contributed by atoms with van der Waals surface area (Å²) in [6, 6.07) is 18.5. The lowest BCUT2D eigenvalue weighted by atomic mass is 9.83. The van der Waals surface area contributed by atoms with Crippen molar-refractivity contribution in [2.24, 2.45) is 5.92 Å². The van der Waals surface area contributed by atoms with E-state index in [1.54, 1.807) is 0 Å². The lowest BCUT2D eigenvalue weighted by molar-refractivity contribution is -0.125. The summed E-state index contributed by atoms with van der Waals surface area (Å²) in [7, 11) is 0. The van der Waals surface area contributed by atoms with E-state index in [0.29, 0.717) is 6.54 Å². The number of amides is 1. The second-order valence-corrected chi connectivity index (χ2v) is 5.41. The molecule has 2 nitrogen and oxygen atoms in total. The van der Waals surface area contributed by atoms with Gasteiger partial charge in [-0.05, 0) is 36.0 Å².